The van der Waals surface area contributed by atoms with Crippen LogP contribution in [0.5, 0.6) is 0 Å². The van der Waals surface area contributed by atoms with E-state index in [-0.39, 0.29) is 11.8 Å². The molecule has 21 heavy (non-hydrogen) atoms. The summed E-state index contributed by atoms with van der Waals surface area (Å²) < 4.78 is 38.1. The second kappa shape index (κ2) is 6.76. The van der Waals surface area contributed by atoms with Crippen molar-refractivity contribution in [3.05, 3.63) is 53.9 Å². The molecule has 0 radical (unpaired) electrons. The van der Waals surface area contributed by atoms with Crippen LogP contribution in [0.4, 0.5) is 19.1 Å². The van der Waals surface area contributed by atoms with E-state index in [0.29, 0.717) is 13.1 Å². The Morgan fingerprint density at radius 3 is 2.43 bits per heavy atom. The van der Waals surface area contributed by atoms with Crippen LogP contribution in [-0.4, -0.2) is 22.4 Å². The largest absolute Gasteiger partial charge is 0.433 e. The highest BCUT2D eigenvalue weighted by Gasteiger charge is 2.33. The molecule has 0 atom stereocenters. The topological polar surface area (TPSA) is 29.0 Å². The molecule has 0 aliphatic heterocycles. The van der Waals surface area contributed by atoms with E-state index in [4.69, 9.17) is 11.6 Å². The Bertz CT molecular complexity index is 575. The first-order chi connectivity index (χ1) is 10.0. The van der Waals surface area contributed by atoms with Gasteiger partial charge in [0.25, 0.3) is 0 Å². The van der Waals surface area contributed by atoms with E-state index < -0.39 is 11.9 Å². The van der Waals surface area contributed by atoms with Crippen molar-refractivity contribution in [2.45, 2.75) is 12.7 Å². The highest BCUT2D eigenvalue weighted by atomic mass is 35.5. The summed E-state index contributed by atoms with van der Waals surface area (Å²) >= 11 is 5.72. The summed E-state index contributed by atoms with van der Waals surface area (Å²) in [5.41, 5.74) is -0.0104. The van der Waals surface area contributed by atoms with Crippen LogP contribution in [0, 0.1) is 0 Å². The van der Waals surface area contributed by atoms with E-state index in [1.807, 2.05) is 30.3 Å². The zero-order valence-electron chi connectivity index (χ0n) is 11.0. The molecule has 0 aliphatic carbocycles. The molecule has 1 aromatic carbocycles. The molecule has 0 amide bonds. The van der Waals surface area contributed by atoms with Gasteiger partial charge in [-0.3, -0.25) is 0 Å². The number of alkyl halides is 4. The zero-order valence-corrected chi connectivity index (χ0v) is 11.8. The average molecular weight is 316 g/mol. The maximum absolute atomic E-state index is 12.7. The highest BCUT2D eigenvalue weighted by Crippen LogP contribution is 2.28. The van der Waals surface area contributed by atoms with Gasteiger partial charge in [0.15, 0.2) is 0 Å². The fourth-order valence-electron chi connectivity index (χ4n) is 1.81. The Hall–Kier alpha value is -1.82. The SMILES string of the molecule is FC(F)(F)c1ccnc(N(CCCl)Cc2ccccc2)n1. The van der Waals surface area contributed by atoms with E-state index >= 15 is 0 Å². The summed E-state index contributed by atoms with van der Waals surface area (Å²) in [5, 5.41) is 0. The fraction of sp³-hybridized carbons (Fsp3) is 0.286. The van der Waals surface area contributed by atoms with E-state index in [1.54, 1.807) is 4.90 Å². The van der Waals surface area contributed by atoms with E-state index in [2.05, 4.69) is 9.97 Å². The van der Waals surface area contributed by atoms with Crippen LogP contribution in [0.25, 0.3) is 0 Å². The summed E-state index contributed by atoms with van der Waals surface area (Å²) in [6.07, 6.45) is -3.38. The van der Waals surface area contributed by atoms with Gasteiger partial charge in [-0.15, -0.1) is 11.6 Å². The average Bonchev–Trinajstić information content (AvgIpc) is 2.47. The maximum Gasteiger partial charge on any atom is 0.433 e. The van der Waals surface area contributed by atoms with Crippen LogP contribution >= 0.6 is 11.6 Å². The molecule has 1 heterocycles. The first kappa shape index (κ1) is 15.6. The minimum atomic E-state index is -4.49. The van der Waals surface area contributed by atoms with Crippen molar-refractivity contribution in [3.63, 3.8) is 0 Å². The van der Waals surface area contributed by atoms with Gasteiger partial charge >= 0.3 is 6.18 Å². The standard InChI is InChI=1S/C14H13ClF3N3/c15-7-9-21(10-11-4-2-1-3-5-11)13-19-8-6-12(20-13)14(16,17)18/h1-6,8H,7,9-10H2. The lowest BCUT2D eigenvalue weighted by atomic mass is 10.2. The Kier molecular flexibility index (Phi) is 5.01. The van der Waals surface area contributed by atoms with Crippen molar-refractivity contribution in [2.75, 3.05) is 17.3 Å². The molecule has 1 aromatic heterocycles. The number of aromatic nitrogens is 2. The molecule has 112 valence electrons. The number of benzene rings is 1. The molecule has 0 saturated carbocycles. The van der Waals surface area contributed by atoms with E-state index in [9.17, 15) is 13.2 Å². The van der Waals surface area contributed by atoms with Crippen LogP contribution in [0.1, 0.15) is 11.3 Å². The van der Waals surface area contributed by atoms with Gasteiger partial charge in [0, 0.05) is 25.2 Å². The Morgan fingerprint density at radius 2 is 1.81 bits per heavy atom. The van der Waals surface area contributed by atoms with Crippen LogP contribution in [-0.2, 0) is 12.7 Å². The van der Waals surface area contributed by atoms with Crippen LogP contribution < -0.4 is 4.90 Å². The molecule has 0 bridgehead atoms. The summed E-state index contributed by atoms with van der Waals surface area (Å²) in [6.45, 7) is 0.757. The first-order valence-corrected chi connectivity index (χ1v) is 6.79. The molecule has 0 spiro atoms. The van der Waals surface area contributed by atoms with Gasteiger partial charge in [-0.2, -0.15) is 13.2 Å². The van der Waals surface area contributed by atoms with Gasteiger partial charge in [-0.25, -0.2) is 9.97 Å². The number of halogens is 4. The summed E-state index contributed by atoms with van der Waals surface area (Å²) in [7, 11) is 0. The second-order valence-electron chi connectivity index (χ2n) is 4.34. The lowest BCUT2D eigenvalue weighted by molar-refractivity contribution is -0.141. The molecule has 3 nitrogen and oxygen atoms in total. The Morgan fingerprint density at radius 1 is 1.10 bits per heavy atom. The van der Waals surface area contributed by atoms with E-state index in [0.717, 1.165) is 17.8 Å². The molecule has 0 saturated heterocycles. The van der Waals surface area contributed by atoms with Crippen LogP contribution in [0.3, 0.4) is 0 Å². The molecule has 0 aliphatic rings. The third-order valence-corrected chi connectivity index (χ3v) is 2.96. The zero-order chi connectivity index (χ0) is 15.3. The quantitative estimate of drug-likeness (QED) is 0.787. The normalized spacial score (nSPS) is 11.4. The Balaban J connectivity index is 2.26. The smallest absolute Gasteiger partial charge is 0.335 e. The number of hydrogen-bond donors (Lipinski definition) is 0. The number of anilines is 1. The summed E-state index contributed by atoms with van der Waals surface area (Å²) in [4.78, 5) is 9.14. The van der Waals surface area contributed by atoms with Crippen molar-refractivity contribution in [1.82, 2.24) is 9.97 Å². The van der Waals surface area contributed by atoms with Gasteiger partial charge in [0.05, 0.1) is 0 Å². The number of nitrogens with zero attached hydrogens (tertiary/aromatic N) is 3. The lowest BCUT2D eigenvalue weighted by Gasteiger charge is -2.22. The van der Waals surface area contributed by atoms with Crippen molar-refractivity contribution >= 4 is 17.5 Å². The third kappa shape index (κ3) is 4.32. The molecule has 2 rings (SSSR count). The van der Waals surface area contributed by atoms with Crippen molar-refractivity contribution in [2.24, 2.45) is 0 Å². The van der Waals surface area contributed by atoms with Gasteiger partial charge in [0.1, 0.15) is 5.69 Å². The van der Waals surface area contributed by atoms with Gasteiger partial charge < -0.3 is 4.90 Å². The molecule has 7 heteroatoms. The number of rotatable bonds is 5. The van der Waals surface area contributed by atoms with Crippen molar-refractivity contribution < 1.29 is 13.2 Å². The molecular weight excluding hydrogens is 303 g/mol. The molecule has 0 fully saturated rings. The summed E-state index contributed by atoms with van der Waals surface area (Å²) in [6, 6.07) is 10.2. The van der Waals surface area contributed by atoms with Gasteiger partial charge in [-0.05, 0) is 11.6 Å². The highest BCUT2D eigenvalue weighted by molar-refractivity contribution is 6.18. The van der Waals surface area contributed by atoms with Crippen molar-refractivity contribution in [3.8, 4) is 0 Å². The monoisotopic (exact) mass is 315 g/mol. The fourth-order valence-corrected chi connectivity index (χ4v) is 2.02. The second-order valence-corrected chi connectivity index (χ2v) is 4.71. The molecule has 0 unspecified atom stereocenters. The molecular formula is C14H13ClF3N3. The summed E-state index contributed by atoms with van der Waals surface area (Å²) in [5.74, 6) is 0.293. The minimum Gasteiger partial charge on any atom is -0.335 e. The maximum atomic E-state index is 12.7. The van der Waals surface area contributed by atoms with Crippen molar-refractivity contribution in [1.29, 1.82) is 0 Å². The predicted octanol–water partition coefficient (Wildman–Crippen LogP) is 3.74. The lowest BCUT2D eigenvalue weighted by Crippen LogP contribution is -2.27. The van der Waals surface area contributed by atoms with Crippen LogP contribution in [0.15, 0.2) is 42.6 Å². The predicted molar refractivity (Wildman–Crippen MR) is 75.2 cm³/mol. The molecule has 2 aromatic rings. The van der Waals surface area contributed by atoms with Gasteiger partial charge in [0.2, 0.25) is 5.95 Å². The van der Waals surface area contributed by atoms with E-state index in [1.165, 1.54) is 0 Å². The first-order valence-electron chi connectivity index (χ1n) is 6.26. The number of hydrogen-bond acceptors (Lipinski definition) is 3. The van der Waals surface area contributed by atoms with Crippen LogP contribution in [0.2, 0.25) is 0 Å². The minimum absolute atomic E-state index is 0.0225. The van der Waals surface area contributed by atoms with Gasteiger partial charge in [-0.1, -0.05) is 30.3 Å². The Labute approximate surface area is 125 Å². The third-order valence-electron chi connectivity index (χ3n) is 2.79. The molecule has 0 N–H and O–H groups in total.